The van der Waals surface area contributed by atoms with Crippen molar-refractivity contribution in [3.63, 3.8) is 0 Å². The van der Waals surface area contributed by atoms with Gasteiger partial charge < -0.3 is 5.73 Å². The quantitative estimate of drug-likeness (QED) is 0.561. The highest BCUT2D eigenvalue weighted by atomic mass is 19.1. The second-order valence-electron chi connectivity index (χ2n) is 4.76. The largest absolute Gasteiger partial charge is 0.365 e. The Morgan fingerprint density at radius 2 is 1.90 bits per heavy atom. The van der Waals surface area contributed by atoms with Crippen molar-refractivity contribution in [3.8, 4) is 0 Å². The van der Waals surface area contributed by atoms with Gasteiger partial charge in [0.25, 0.3) is 5.91 Å². The van der Waals surface area contributed by atoms with Crippen molar-refractivity contribution in [3.05, 3.63) is 29.3 Å². The molecule has 0 heterocycles. The fraction of sp³-hybridized carbons (Fsp3) is 0.533. The highest BCUT2D eigenvalue weighted by molar-refractivity contribution is 5.94. The molecule has 0 atom stereocenters. The van der Waals surface area contributed by atoms with Crippen molar-refractivity contribution in [1.82, 2.24) is 0 Å². The summed E-state index contributed by atoms with van der Waals surface area (Å²) in [6.07, 6.45) is 3.46. The highest BCUT2D eigenvalue weighted by Gasteiger charge is 2.22. The SMILES string of the molecule is CCCCON(CCCC)c1ccc(F)c(C(N)=O)c1F. The Morgan fingerprint density at radius 3 is 2.48 bits per heavy atom. The van der Waals surface area contributed by atoms with Crippen LogP contribution in [0.4, 0.5) is 14.5 Å². The summed E-state index contributed by atoms with van der Waals surface area (Å²) in [4.78, 5) is 16.7. The molecule has 0 aromatic heterocycles. The fourth-order valence-corrected chi connectivity index (χ4v) is 1.84. The van der Waals surface area contributed by atoms with Crippen LogP contribution in [0, 0.1) is 11.6 Å². The molecule has 1 amide bonds. The minimum atomic E-state index is -1.13. The molecule has 0 saturated carbocycles. The average molecular weight is 300 g/mol. The third-order valence-electron chi connectivity index (χ3n) is 3.05. The smallest absolute Gasteiger partial charge is 0.254 e. The summed E-state index contributed by atoms with van der Waals surface area (Å²) in [6.45, 7) is 4.91. The molecule has 0 aliphatic heterocycles. The minimum absolute atomic E-state index is 0.0368. The van der Waals surface area contributed by atoms with E-state index < -0.39 is 23.1 Å². The number of nitrogens with two attached hydrogens (primary N) is 1. The molecule has 0 aliphatic rings. The summed E-state index contributed by atoms with van der Waals surface area (Å²) in [7, 11) is 0. The first-order valence-corrected chi connectivity index (χ1v) is 7.21. The Hall–Kier alpha value is -1.69. The molecule has 4 nitrogen and oxygen atoms in total. The van der Waals surface area contributed by atoms with Crippen LogP contribution >= 0.6 is 0 Å². The first kappa shape index (κ1) is 17.4. The van der Waals surface area contributed by atoms with Gasteiger partial charge in [-0.3, -0.25) is 14.7 Å². The van der Waals surface area contributed by atoms with Gasteiger partial charge in [-0.2, -0.15) is 0 Å². The van der Waals surface area contributed by atoms with E-state index in [4.69, 9.17) is 10.6 Å². The van der Waals surface area contributed by atoms with Crippen molar-refractivity contribution < 1.29 is 18.4 Å². The number of anilines is 1. The zero-order valence-electron chi connectivity index (χ0n) is 12.5. The third-order valence-corrected chi connectivity index (χ3v) is 3.05. The zero-order valence-corrected chi connectivity index (χ0v) is 12.5. The summed E-state index contributed by atoms with van der Waals surface area (Å²) in [6, 6.07) is 2.29. The van der Waals surface area contributed by atoms with Gasteiger partial charge in [-0.25, -0.2) is 8.78 Å². The average Bonchev–Trinajstić information content (AvgIpc) is 2.43. The van der Waals surface area contributed by atoms with E-state index in [-0.39, 0.29) is 5.69 Å². The number of rotatable bonds is 9. The maximum absolute atomic E-state index is 14.3. The lowest BCUT2D eigenvalue weighted by molar-refractivity contribution is 0.0983. The van der Waals surface area contributed by atoms with E-state index in [0.717, 1.165) is 31.7 Å². The Bertz CT molecular complexity index is 481. The summed E-state index contributed by atoms with van der Waals surface area (Å²) < 4.78 is 27.8. The predicted molar refractivity (Wildman–Crippen MR) is 78.0 cm³/mol. The van der Waals surface area contributed by atoms with Crippen LogP contribution in [-0.2, 0) is 4.84 Å². The molecule has 118 valence electrons. The standard InChI is InChI=1S/C15H22F2N2O2/c1-3-5-9-19(21-10-6-4-2)12-8-7-11(16)13(14(12)17)15(18)20/h7-8H,3-6,9-10H2,1-2H3,(H2,18,20). The van der Waals surface area contributed by atoms with E-state index in [0.29, 0.717) is 13.2 Å². The molecule has 0 fully saturated rings. The van der Waals surface area contributed by atoms with Crippen LogP contribution in [0.15, 0.2) is 12.1 Å². The van der Waals surface area contributed by atoms with Gasteiger partial charge in [0.15, 0.2) is 5.82 Å². The number of hydroxylamine groups is 1. The van der Waals surface area contributed by atoms with Gasteiger partial charge in [-0.1, -0.05) is 26.7 Å². The molecule has 1 aromatic rings. The molecule has 0 unspecified atom stereocenters. The first-order valence-electron chi connectivity index (χ1n) is 7.21. The third kappa shape index (κ3) is 4.67. The first-order chi connectivity index (χ1) is 10.0. The second kappa shape index (κ2) is 8.56. The van der Waals surface area contributed by atoms with Crippen LogP contribution < -0.4 is 10.8 Å². The monoisotopic (exact) mass is 300 g/mol. The number of benzene rings is 1. The van der Waals surface area contributed by atoms with E-state index in [1.807, 2.05) is 13.8 Å². The molecular weight excluding hydrogens is 278 g/mol. The molecule has 0 saturated heterocycles. The normalized spacial score (nSPS) is 10.7. The number of halogens is 2. The molecule has 21 heavy (non-hydrogen) atoms. The summed E-state index contributed by atoms with van der Waals surface area (Å²) >= 11 is 0. The molecule has 1 aromatic carbocycles. The van der Waals surface area contributed by atoms with Crippen LogP contribution in [0.1, 0.15) is 49.9 Å². The van der Waals surface area contributed by atoms with Gasteiger partial charge in [0.2, 0.25) is 0 Å². The molecule has 2 N–H and O–H groups in total. The minimum Gasteiger partial charge on any atom is -0.365 e. The van der Waals surface area contributed by atoms with Crippen molar-refractivity contribution in [2.75, 3.05) is 18.2 Å². The van der Waals surface area contributed by atoms with Crippen LogP contribution in [0.5, 0.6) is 0 Å². The van der Waals surface area contributed by atoms with Gasteiger partial charge in [-0.15, -0.1) is 0 Å². The van der Waals surface area contributed by atoms with E-state index in [2.05, 4.69) is 0 Å². The summed E-state index contributed by atoms with van der Waals surface area (Å²) in [5.74, 6) is -3.07. The number of nitrogens with zero attached hydrogens (tertiary/aromatic N) is 1. The Kier molecular flexibility index (Phi) is 7.08. The van der Waals surface area contributed by atoms with Gasteiger partial charge in [0.1, 0.15) is 17.1 Å². The number of carbonyl (C=O) groups is 1. The number of carbonyl (C=O) groups excluding carboxylic acids is 1. The zero-order chi connectivity index (χ0) is 15.8. The van der Waals surface area contributed by atoms with Crippen molar-refractivity contribution in [1.29, 1.82) is 0 Å². The number of unbranched alkanes of at least 4 members (excludes halogenated alkanes) is 2. The lowest BCUT2D eigenvalue weighted by atomic mass is 10.1. The Balaban J connectivity index is 3.05. The van der Waals surface area contributed by atoms with Crippen LogP contribution in [-0.4, -0.2) is 19.1 Å². The molecule has 0 radical (unpaired) electrons. The van der Waals surface area contributed by atoms with Gasteiger partial charge >= 0.3 is 0 Å². The summed E-state index contributed by atoms with van der Waals surface area (Å²) in [5, 5.41) is 1.38. The lowest BCUT2D eigenvalue weighted by Gasteiger charge is -2.25. The van der Waals surface area contributed by atoms with Gasteiger partial charge in [0.05, 0.1) is 6.61 Å². The van der Waals surface area contributed by atoms with Crippen LogP contribution in [0.25, 0.3) is 0 Å². The number of amides is 1. The maximum Gasteiger partial charge on any atom is 0.254 e. The van der Waals surface area contributed by atoms with E-state index in [1.165, 1.54) is 11.1 Å². The van der Waals surface area contributed by atoms with E-state index in [9.17, 15) is 13.6 Å². The van der Waals surface area contributed by atoms with Gasteiger partial charge in [0, 0.05) is 6.54 Å². The van der Waals surface area contributed by atoms with E-state index >= 15 is 0 Å². The maximum atomic E-state index is 14.3. The van der Waals surface area contributed by atoms with Crippen LogP contribution in [0.3, 0.4) is 0 Å². The Labute approximate surface area is 123 Å². The highest BCUT2D eigenvalue weighted by Crippen LogP contribution is 2.25. The van der Waals surface area contributed by atoms with Crippen molar-refractivity contribution >= 4 is 11.6 Å². The van der Waals surface area contributed by atoms with Crippen LogP contribution in [0.2, 0.25) is 0 Å². The van der Waals surface area contributed by atoms with E-state index in [1.54, 1.807) is 0 Å². The van der Waals surface area contributed by atoms with Crippen molar-refractivity contribution in [2.24, 2.45) is 5.73 Å². The molecular formula is C15H22F2N2O2. The summed E-state index contributed by atoms with van der Waals surface area (Å²) in [5.41, 5.74) is 4.34. The Morgan fingerprint density at radius 1 is 1.24 bits per heavy atom. The molecule has 0 aliphatic carbocycles. The van der Waals surface area contributed by atoms with Crippen molar-refractivity contribution in [2.45, 2.75) is 39.5 Å². The number of hydrogen-bond donors (Lipinski definition) is 1. The topological polar surface area (TPSA) is 55.6 Å². The molecule has 0 bridgehead atoms. The lowest BCUT2D eigenvalue weighted by Crippen LogP contribution is -2.28. The molecule has 0 spiro atoms. The predicted octanol–water partition coefficient (Wildman–Crippen LogP) is 3.40. The second-order valence-corrected chi connectivity index (χ2v) is 4.76. The molecule has 1 rings (SSSR count). The molecule has 6 heteroatoms. The number of hydrogen-bond acceptors (Lipinski definition) is 3. The van der Waals surface area contributed by atoms with Gasteiger partial charge in [-0.05, 0) is 25.0 Å². The fourth-order valence-electron chi connectivity index (χ4n) is 1.84. The number of primary amides is 1.